The normalized spacial score (nSPS) is 11.8. The number of aromatic nitrogens is 4. The maximum atomic E-state index is 6.14. The van der Waals surface area contributed by atoms with E-state index in [-0.39, 0.29) is 0 Å². The van der Waals surface area contributed by atoms with Gasteiger partial charge in [0, 0.05) is 10.6 Å². The summed E-state index contributed by atoms with van der Waals surface area (Å²) in [5.41, 5.74) is 1.55. The highest BCUT2D eigenvalue weighted by molar-refractivity contribution is 7.16. The SMILES string of the molecule is Cc1ccccc1-c1nnc2sc(C(C)(C)Oc3ccc(Cl)cc3)nn12. The van der Waals surface area contributed by atoms with Crippen LogP contribution in [0.4, 0.5) is 0 Å². The second-order valence-electron chi connectivity index (χ2n) is 6.51. The summed E-state index contributed by atoms with van der Waals surface area (Å²) in [6, 6.07) is 15.4. The molecule has 132 valence electrons. The lowest BCUT2D eigenvalue weighted by atomic mass is 10.1. The average molecular weight is 385 g/mol. The van der Waals surface area contributed by atoms with Gasteiger partial charge in [-0.25, -0.2) is 0 Å². The Morgan fingerprint density at radius 3 is 2.50 bits per heavy atom. The van der Waals surface area contributed by atoms with E-state index in [1.807, 2.05) is 56.3 Å². The van der Waals surface area contributed by atoms with Crippen LogP contribution in [0, 0.1) is 6.92 Å². The van der Waals surface area contributed by atoms with Gasteiger partial charge in [-0.15, -0.1) is 10.2 Å². The summed E-state index contributed by atoms with van der Waals surface area (Å²) in [6.07, 6.45) is 0. The van der Waals surface area contributed by atoms with Gasteiger partial charge in [0.15, 0.2) is 16.4 Å². The molecule has 0 saturated carbocycles. The summed E-state index contributed by atoms with van der Waals surface area (Å²) in [5, 5.41) is 14.8. The zero-order chi connectivity index (χ0) is 18.3. The molecule has 0 fully saturated rings. The van der Waals surface area contributed by atoms with Gasteiger partial charge in [0.25, 0.3) is 0 Å². The number of benzene rings is 2. The van der Waals surface area contributed by atoms with Gasteiger partial charge in [-0.1, -0.05) is 47.2 Å². The number of rotatable bonds is 4. The van der Waals surface area contributed by atoms with Gasteiger partial charge in [-0.3, -0.25) is 0 Å². The monoisotopic (exact) mass is 384 g/mol. The standard InChI is InChI=1S/C19H17ClN4OS/c1-12-6-4-5-7-15(12)16-21-22-18-24(16)23-17(26-18)19(2,3)25-14-10-8-13(20)9-11-14/h4-11H,1-3H3. The van der Waals surface area contributed by atoms with Crippen molar-refractivity contribution in [3.8, 4) is 17.1 Å². The highest BCUT2D eigenvalue weighted by Crippen LogP contribution is 2.32. The van der Waals surface area contributed by atoms with Crippen LogP contribution in [0.1, 0.15) is 24.4 Å². The summed E-state index contributed by atoms with van der Waals surface area (Å²) in [6.45, 7) is 6.03. The lowest BCUT2D eigenvalue weighted by Gasteiger charge is -2.23. The van der Waals surface area contributed by atoms with Crippen LogP contribution in [0.25, 0.3) is 16.3 Å². The van der Waals surface area contributed by atoms with Crippen LogP contribution >= 0.6 is 22.9 Å². The molecule has 0 radical (unpaired) electrons. The minimum absolute atomic E-state index is 0.609. The van der Waals surface area contributed by atoms with E-state index in [1.165, 1.54) is 11.3 Å². The largest absolute Gasteiger partial charge is 0.481 e. The van der Waals surface area contributed by atoms with Crippen LogP contribution in [-0.4, -0.2) is 19.8 Å². The number of ether oxygens (including phenoxy) is 1. The predicted octanol–water partition coefficient (Wildman–Crippen LogP) is 5.13. The van der Waals surface area contributed by atoms with Gasteiger partial charge in [0.05, 0.1) is 0 Å². The lowest BCUT2D eigenvalue weighted by Crippen LogP contribution is -2.25. The summed E-state index contributed by atoms with van der Waals surface area (Å²) in [5.74, 6) is 1.48. The number of hydrogen-bond donors (Lipinski definition) is 0. The first-order chi connectivity index (χ1) is 12.4. The fourth-order valence-electron chi connectivity index (χ4n) is 2.69. The molecule has 2 heterocycles. The van der Waals surface area contributed by atoms with Gasteiger partial charge in [0.2, 0.25) is 4.96 Å². The smallest absolute Gasteiger partial charge is 0.235 e. The molecule has 4 aromatic rings. The van der Waals surface area contributed by atoms with Crippen molar-refractivity contribution < 1.29 is 4.74 Å². The molecule has 7 heteroatoms. The van der Waals surface area contributed by atoms with Crippen molar-refractivity contribution in [3.63, 3.8) is 0 Å². The number of halogens is 1. The Hall–Kier alpha value is -2.44. The molecule has 2 aromatic carbocycles. The van der Waals surface area contributed by atoms with Crippen LogP contribution in [0.2, 0.25) is 5.02 Å². The van der Waals surface area contributed by atoms with Crippen molar-refractivity contribution in [1.29, 1.82) is 0 Å². The third kappa shape index (κ3) is 3.06. The Kier molecular flexibility index (Phi) is 4.17. The Balaban J connectivity index is 1.71. The molecule has 5 nitrogen and oxygen atoms in total. The summed E-state index contributed by atoms with van der Waals surface area (Å²) >= 11 is 7.42. The summed E-state index contributed by atoms with van der Waals surface area (Å²) < 4.78 is 7.93. The fraction of sp³-hybridized carbons (Fsp3) is 0.211. The maximum Gasteiger partial charge on any atom is 0.235 e. The Bertz CT molecular complexity index is 1070. The summed E-state index contributed by atoms with van der Waals surface area (Å²) in [4.78, 5) is 0.742. The van der Waals surface area contributed by atoms with Gasteiger partial charge >= 0.3 is 0 Å². The zero-order valence-corrected chi connectivity index (χ0v) is 16.2. The van der Waals surface area contributed by atoms with Crippen molar-refractivity contribution in [2.45, 2.75) is 26.4 Å². The molecule has 26 heavy (non-hydrogen) atoms. The highest BCUT2D eigenvalue weighted by atomic mass is 35.5. The molecular weight excluding hydrogens is 368 g/mol. The minimum atomic E-state index is -0.609. The average Bonchev–Trinajstić information content (AvgIpc) is 3.19. The molecule has 0 N–H and O–H groups in total. The second kappa shape index (κ2) is 6.37. The van der Waals surface area contributed by atoms with Crippen molar-refractivity contribution in [3.05, 3.63) is 64.1 Å². The lowest BCUT2D eigenvalue weighted by molar-refractivity contribution is 0.107. The van der Waals surface area contributed by atoms with Crippen LogP contribution in [-0.2, 0) is 5.60 Å². The quantitative estimate of drug-likeness (QED) is 0.489. The number of hydrogen-bond acceptors (Lipinski definition) is 5. The van der Waals surface area contributed by atoms with E-state index in [2.05, 4.69) is 23.2 Å². The first kappa shape index (κ1) is 17.0. The first-order valence-electron chi connectivity index (χ1n) is 8.17. The molecular formula is C19H17ClN4OS. The van der Waals surface area contributed by atoms with E-state index in [0.717, 1.165) is 32.7 Å². The van der Waals surface area contributed by atoms with Crippen molar-refractivity contribution in [1.82, 2.24) is 19.8 Å². The molecule has 4 rings (SSSR count). The fourth-order valence-corrected chi connectivity index (χ4v) is 3.70. The Morgan fingerprint density at radius 1 is 1.04 bits per heavy atom. The van der Waals surface area contributed by atoms with Gasteiger partial charge < -0.3 is 4.74 Å². The molecule has 0 atom stereocenters. The van der Waals surface area contributed by atoms with Crippen LogP contribution in [0.15, 0.2) is 48.5 Å². The Morgan fingerprint density at radius 2 is 1.77 bits per heavy atom. The molecule has 0 aliphatic rings. The topological polar surface area (TPSA) is 52.3 Å². The minimum Gasteiger partial charge on any atom is -0.481 e. The predicted molar refractivity (Wildman–Crippen MR) is 104 cm³/mol. The molecule has 0 spiro atoms. The first-order valence-corrected chi connectivity index (χ1v) is 9.37. The van der Waals surface area contributed by atoms with Crippen molar-refractivity contribution in [2.24, 2.45) is 0 Å². The maximum absolute atomic E-state index is 6.14. The molecule has 0 aliphatic heterocycles. The van der Waals surface area contributed by atoms with E-state index in [4.69, 9.17) is 21.4 Å². The van der Waals surface area contributed by atoms with E-state index in [9.17, 15) is 0 Å². The number of fused-ring (bicyclic) bond motifs is 1. The van der Waals surface area contributed by atoms with Gasteiger partial charge in [-0.2, -0.15) is 9.61 Å². The van der Waals surface area contributed by atoms with Gasteiger partial charge in [0.1, 0.15) is 5.75 Å². The summed E-state index contributed by atoms with van der Waals surface area (Å²) in [7, 11) is 0. The number of aryl methyl sites for hydroxylation is 1. The third-order valence-electron chi connectivity index (χ3n) is 4.08. The van der Waals surface area contributed by atoms with Crippen molar-refractivity contribution >= 4 is 27.9 Å². The Labute approximate surface area is 160 Å². The molecule has 2 aromatic heterocycles. The highest BCUT2D eigenvalue weighted by Gasteiger charge is 2.29. The van der Waals surface area contributed by atoms with E-state index in [1.54, 1.807) is 4.52 Å². The molecule has 0 saturated heterocycles. The zero-order valence-electron chi connectivity index (χ0n) is 14.6. The number of nitrogens with zero attached hydrogens (tertiary/aromatic N) is 4. The van der Waals surface area contributed by atoms with Crippen LogP contribution in [0.5, 0.6) is 5.75 Å². The van der Waals surface area contributed by atoms with E-state index < -0.39 is 5.60 Å². The molecule has 0 aliphatic carbocycles. The molecule has 0 unspecified atom stereocenters. The third-order valence-corrected chi connectivity index (χ3v) is 5.53. The molecule has 0 amide bonds. The van der Waals surface area contributed by atoms with Crippen LogP contribution in [0.3, 0.4) is 0 Å². The second-order valence-corrected chi connectivity index (χ2v) is 7.90. The molecule has 0 bridgehead atoms. The van der Waals surface area contributed by atoms with E-state index >= 15 is 0 Å². The van der Waals surface area contributed by atoms with E-state index in [0.29, 0.717) is 5.02 Å². The van der Waals surface area contributed by atoms with Crippen LogP contribution < -0.4 is 4.74 Å². The van der Waals surface area contributed by atoms with Crippen molar-refractivity contribution in [2.75, 3.05) is 0 Å². The van der Waals surface area contributed by atoms with Gasteiger partial charge in [-0.05, 0) is 50.6 Å².